The summed E-state index contributed by atoms with van der Waals surface area (Å²) in [7, 11) is 0. The second-order valence-electron chi connectivity index (χ2n) is 4.89. The molecule has 1 aromatic heterocycles. The molecule has 0 bridgehead atoms. The van der Waals surface area contributed by atoms with E-state index in [2.05, 4.69) is 36.1 Å². The van der Waals surface area contributed by atoms with Crippen molar-refractivity contribution in [2.45, 2.75) is 46.0 Å². The van der Waals surface area contributed by atoms with E-state index < -0.39 is 13.0 Å². The van der Waals surface area contributed by atoms with Gasteiger partial charge < -0.3 is 10.1 Å². The Kier molecular flexibility index (Phi) is 7.36. The molecule has 0 aliphatic rings. The van der Waals surface area contributed by atoms with Crippen LogP contribution in [-0.2, 0) is 11.2 Å². The summed E-state index contributed by atoms with van der Waals surface area (Å²) in [6.07, 6.45) is -0.984. The Morgan fingerprint density at radius 3 is 2.65 bits per heavy atom. The lowest BCUT2D eigenvalue weighted by atomic mass is 10.1. The largest absolute Gasteiger partial charge is 0.375 e. The number of hydrogen-bond acceptors (Lipinski definition) is 4. The summed E-state index contributed by atoms with van der Waals surface area (Å²) < 4.78 is 28.8. The average molecular weight is 287 g/mol. The van der Waals surface area contributed by atoms with Gasteiger partial charge in [0.2, 0.25) is 0 Å². The lowest BCUT2D eigenvalue weighted by Crippen LogP contribution is -2.11. The first-order chi connectivity index (χ1) is 9.52. The molecule has 0 radical (unpaired) electrons. The molecule has 0 saturated carbocycles. The van der Waals surface area contributed by atoms with Crippen molar-refractivity contribution in [3.05, 3.63) is 17.6 Å². The second-order valence-corrected chi connectivity index (χ2v) is 4.89. The van der Waals surface area contributed by atoms with Crippen molar-refractivity contribution >= 4 is 5.82 Å². The number of nitrogens with one attached hydrogen (secondary N) is 1. The van der Waals surface area contributed by atoms with E-state index in [0.29, 0.717) is 18.2 Å². The van der Waals surface area contributed by atoms with Crippen LogP contribution >= 0.6 is 0 Å². The van der Waals surface area contributed by atoms with Crippen LogP contribution in [0.2, 0.25) is 0 Å². The van der Waals surface area contributed by atoms with Crippen LogP contribution in [0.3, 0.4) is 0 Å². The summed E-state index contributed by atoms with van der Waals surface area (Å²) in [5.41, 5.74) is 0.947. The molecule has 1 heterocycles. The van der Waals surface area contributed by atoms with Crippen LogP contribution in [0, 0.1) is 0 Å². The van der Waals surface area contributed by atoms with E-state index in [1.165, 1.54) is 0 Å². The Hall–Kier alpha value is -1.30. The minimum atomic E-state index is -2.43. The van der Waals surface area contributed by atoms with E-state index in [9.17, 15) is 8.78 Å². The molecule has 0 aliphatic heterocycles. The van der Waals surface area contributed by atoms with Crippen LogP contribution in [0.4, 0.5) is 14.6 Å². The number of ether oxygens (including phenoxy) is 1. The molecule has 0 aliphatic carbocycles. The number of hydrogen-bond donors (Lipinski definition) is 1. The minimum absolute atomic E-state index is 0.207. The molecule has 0 fully saturated rings. The van der Waals surface area contributed by atoms with Gasteiger partial charge in [0.05, 0.1) is 6.61 Å². The van der Waals surface area contributed by atoms with Crippen LogP contribution in [0.1, 0.15) is 44.6 Å². The fraction of sp³-hybridized carbons (Fsp3) is 0.714. The summed E-state index contributed by atoms with van der Waals surface area (Å²) in [6.45, 7) is 6.71. The molecule has 6 heteroatoms. The molecule has 1 rings (SSSR count). The smallest absolute Gasteiger partial charge is 0.261 e. The normalized spacial score (nSPS) is 11.3. The Bertz CT molecular complexity index is 400. The highest BCUT2D eigenvalue weighted by atomic mass is 19.3. The zero-order chi connectivity index (χ0) is 15.0. The van der Waals surface area contributed by atoms with Crippen molar-refractivity contribution in [2.24, 2.45) is 0 Å². The molecule has 1 aromatic rings. The predicted octanol–water partition coefficient (Wildman–Crippen LogP) is 3.25. The maximum atomic E-state index is 12.0. The van der Waals surface area contributed by atoms with Gasteiger partial charge in [-0.05, 0) is 12.3 Å². The summed E-state index contributed by atoms with van der Waals surface area (Å²) >= 11 is 0. The minimum Gasteiger partial charge on any atom is -0.375 e. The third kappa shape index (κ3) is 6.23. The molecule has 0 atom stereocenters. The molecule has 1 N–H and O–H groups in total. The Labute approximate surface area is 119 Å². The third-order valence-electron chi connectivity index (χ3n) is 2.65. The van der Waals surface area contributed by atoms with Gasteiger partial charge in [-0.1, -0.05) is 20.8 Å². The number of nitrogens with zero attached hydrogens (tertiary/aromatic N) is 2. The van der Waals surface area contributed by atoms with E-state index in [-0.39, 0.29) is 6.61 Å². The van der Waals surface area contributed by atoms with Gasteiger partial charge in [0.25, 0.3) is 6.43 Å². The highest BCUT2D eigenvalue weighted by Gasteiger charge is 2.08. The van der Waals surface area contributed by atoms with Crippen LogP contribution in [0.15, 0.2) is 6.07 Å². The first-order valence-corrected chi connectivity index (χ1v) is 7.00. The number of rotatable bonds is 9. The highest BCUT2D eigenvalue weighted by Crippen LogP contribution is 2.16. The molecule has 0 spiro atoms. The topological polar surface area (TPSA) is 47.0 Å². The first kappa shape index (κ1) is 16.8. The van der Waals surface area contributed by atoms with Crippen molar-refractivity contribution in [2.75, 3.05) is 25.1 Å². The summed E-state index contributed by atoms with van der Waals surface area (Å²) in [5.74, 6) is 1.71. The maximum absolute atomic E-state index is 12.0. The lowest BCUT2D eigenvalue weighted by molar-refractivity contribution is 0.0183. The van der Waals surface area contributed by atoms with E-state index in [4.69, 9.17) is 4.74 Å². The summed E-state index contributed by atoms with van der Waals surface area (Å²) in [6, 6.07) is 1.93. The first-order valence-electron chi connectivity index (χ1n) is 7.00. The number of alkyl halides is 2. The number of aromatic nitrogens is 2. The van der Waals surface area contributed by atoms with E-state index in [1.54, 1.807) is 0 Å². The average Bonchev–Trinajstić information content (AvgIpc) is 2.41. The van der Waals surface area contributed by atoms with Gasteiger partial charge in [-0.15, -0.1) is 0 Å². The molecular formula is C14H23F2N3O. The van der Waals surface area contributed by atoms with Gasteiger partial charge in [0, 0.05) is 24.7 Å². The van der Waals surface area contributed by atoms with Gasteiger partial charge in [0.1, 0.15) is 18.2 Å². The SMILES string of the molecule is CCCNc1cc(C(C)C)nc(CCOCC(F)F)n1. The van der Waals surface area contributed by atoms with Crippen LogP contribution in [0.25, 0.3) is 0 Å². The van der Waals surface area contributed by atoms with Crippen molar-refractivity contribution in [1.29, 1.82) is 0 Å². The van der Waals surface area contributed by atoms with Crippen LogP contribution in [0.5, 0.6) is 0 Å². The summed E-state index contributed by atoms with van der Waals surface area (Å²) in [4.78, 5) is 8.82. The van der Waals surface area contributed by atoms with Crippen molar-refractivity contribution in [3.8, 4) is 0 Å². The zero-order valence-corrected chi connectivity index (χ0v) is 12.3. The number of halogens is 2. The molecule has 4 nitrogen and oxygen atoms in total. The van der Waals surface area contributed by atoms with Gasteiger partial charge in [-0.3, -0.25) is 0 Å². The van der Waals surface area contributed by atoms with Crippen molar-refractivity contribution < 1.29 is 13.5 Å². The fourth-order valence-electron chi connectivity index (χ4n) is 1.60. The van der Waals surface area contributed by atoms with E-state index >= 15 is 0 Å². The second kappa shape index (κ2) is 8.79. The molecule has 0 saturated heterocycles. The molecular weight excluding hydrogens is 264 g/mol. The quantitative estimate of drug-likeness (QED) is 0.708. The van der Waals surface area contributed by atoms with Crippen LogP contribution in [-0.4, -0.2) is 36.2 Å². The lowest BCUT2D eigenvalue weighted by Gasteiger charge is -2.11. The van der Waals surface area contributed by atoms with Gasteiger partial charge in [0.15, 0.2) is 0 Å². The molecule has 0 amide bonds. The van der Waals surface area contributed by atoms with E-state index in [0.717, 1.165) is 24.5 Å². The van der Waals surface area contributed by atoms with Crippen molar-refractivity contribution in [1.82, 2.24) is 9.97 Å². The molecule has 0 unspecified atom stereocenters. The van der Waals surface area contributed by atoms with E-state index in [1.807, 2.05) is 6.07 Å². The Morgan fingerprint density at radius 2 is 2.05 bits per heavy atom. The fourth-order valence-corrected chi connectivity index (χ4v) is 1.60. The predicted molar refractivity (Wildman–Crippen MR) is 75.4 cm³/mol. The summed E-state index contributed by atoms with van der Waals surface area (Å²) in [5, 5.41) is 3.23. The standard InChI is InChI=1S/C14H23F2N3O/c1-4-6-17-14-8-11(10(2)3)18-13(19-14)5-7-20-9-12(15)16/h8,10,12H,4-7,9H2,1-3H3,(H,17,18,19). The maximum Gasteiger partial charge on any atom is 0.261 e. The Morgan fingerprint density at radius 1 is 1.30 bits per heavy atom. The van der Waals surface area contributed by atoms with Crippen molar-refractivity contribution in [3.63, 3.8) is 0 Å². The Balaban J connectivity index is 2.65. The molecule has 114 valence electrons. The third-order valence-corrected chi connectivity index (χ3v) is 2.65. The van der Waals surface area contributed by atoms with Gasteiger partial charge in [-0.25, -0.2) is 18.7 Å². The molecule has 20 heavy (non-hydrogen) atoms. The van der Waals surface area contributed by atoms with Gasteiger partial charge >= 0.3 is 0 Å². The number of anilines is 1. The van der Waals surface area contributed by atoms with Gasteiger partial charge in [-0.2, -0.15) is 0 Å². The van der Waals surface area contributed by atoms with Crippen LogP contribution < -0.4 is 5.32 Å². The zero-order valence-electron chi connectivity index (χ0n) is 12.3. The molecule has 0 aromatic carbocycles. The monoisotopic (exact) mass is 287 g/mol. The highest BCUT2D eigenvalue weighted by molar-refractivity contribution is 5.36.